The fourth-order valence-corrected chi connectivity index (χ4v) is 1.58. The molecule has 7 heteroatoms. The van der Waals surface area contributed by atoms with Crippen LogP contribution >= 0.6 is 0 Å². The summed E-state index contributed by atoms with van der Waals surface area (Å²) in [5.74, 6) is -1.72. The fourth-order valence-electron chi connectivity index (χ4n) is 1.58. The van der Waals surface area contributed by atoms with Gasteiger partial charge in [0.2, 0.25) is 0 Å². The molecule has 0 saturated heterocycles. The van der Waals surface area contributed by atoms with E-state index in [0.29, 0.717) is 0 Å². The van der Waals surface area contributed by atoms with E-state index in [2.05, 4.69) is 15.5 Å². The predicted molar refractivity (Wildman–Crippen MR) is 72.7 cm³/mol. The van der Waals surface area contributed by atoms with Crippen molar-refractivity contribution < 1.29 is 19.4 Å². The number of hydrogen-bond donors (Lipinski definition) is 3. The van der Waals surface area contributed by atoms with Crippen molar-refractivity contribution in [2.24, 2.45) is 0 Å². The van der Waals surface area contributed by atoms with Crippen molar-refractivity contribution in [3.63, 3.8) is 0 Å². The average Bonchev–Trinajstić information content (AvgIpc) is 2.77. The molecule has 0 aromatic carbocycles. The van der Waals surface area contributed by atoms with Crippen LogP contribution in [0.3, 0.4) is 0 Å². The summed E-state index contributed by atoms with van der Waals surface area (Å²) >= 11 is 0. The van der Waals surface area contributed by atoms with E-state index in [-0.39, 0.29) is 17.7 Å². The van der Waals surface area contributed by atoms with Crippen LogP contribution in [0.5, 0.6) is 0 Å². The summed E-state index contributed by atoms with van der Waals surface area (Å²) in [6.07, 6.45) is 0. The number of aliphatic carboxylic acids is 1. The van der Waals surface area contributed by atoms with E-state index in [0.717, 1.165) is 5.69 Å². The number of H-pyrrole nitrogens is 1. The van der Waals surface area contributed by atoms with Crippen molar-refractivity contribution in [1.29, 1.82) is 0 Å². The van der Waals surface area contributed by atoms with Crippen LogP contribution in [0.2, 0.25) is 0 Å². The quantitative estimate of drug-likeness (QED) is 0.745. The Kier molecular flexibility index (Phi) is 4.54. The number of aromatic amines is 1. The fraction of sp³-hybridized carbons (Fsp3) is 0.615. The third-order valence-corrected chi connectivity index (χ3v) is 2.91. The average molecular weight is 283 g/mol. The summed E-state index contributed by atoms with van der Waals surface area (Å²) < 4.78 is 4.84. The maximum absolute atomic E-state index is 12.1. The third kappa shape index (κ3) is 3.57. The van der Waals surface area contributed by atoms with Crippen molar-refractivity contribution in [2.75, 3.05) is 13.7 Å². The molecular weight excluding hydrogens is 262 g/mol. The second-order valence-electron chi connectivity index (χ2n) is 5.94. The second-order valence-corrected chi connectivity index (χ2v) is 5.94. The Labute approximate surface area is 117 Å². The first kappa shape index (κ1) is 16.2. The molecule has 0 aliphatic rings. The molecule has 0 spiro atoms. The predicted octanol–water partition coefficient (Wildman–Crippen LogP) is 0.927. The number of ether oxygens (including phenoxy) is 1. The van der Waals surface area contributed by atoms with Crippen LogP contribution in [0, 0.1) is 0 Å². The van der Waals surface area contributed by atoms with Gasteiger partial charge in [-0.25, -0.2) is 4.79 Å². The van der Waals surface area contributed by atoms with Gasteiger partial charge in [0.25, 0.3) is 5.91 Å². The highest BCUT2D eigenvalue weighted by molar-refractivity contribution is 5.96. The summed E-state index contributed by atoms with van der Waals surface area (Å²) in [6, 6.07) is 1.62. The monoisotopic (exact) mass is 283 g/mol. The molecule has 0 saturated carbocycles. The molecule has 0 aliphatic carbocycles. The minimum absolute atomic E-state index is 0.134. The highest BCUT2D eigenvalue weighted by Crippen LogP contribution is 2.20. The molecule has 112 valence electrons. The third-order valence-electron chi connectivity index (χ3n) is 2.91. The lowest BCUT2D eigenvalue weighted by molar-refractivity contribution is -0.145. The Hall–Kier alpha value is -1.89. The van der Waals surface area contributed by atoms with Crippen molar-refractivity contribution in [3.8, 4) is 0 Å². The van der Waals surface area contributed by atoms with E-state index >= 15 is 0 Å². The first-order valence-electron chi connectivity index (χ1n) is 6.21. The van der Waals surface area contributed by atoms with E-state index in [9.17, 15) is 14.7 Å². The van der Waals surface area contributed by atoms with Gasteiger partial charge >= 0.3 is 5.97 Å². The van der Waals surface area contributed by atoms with Crippen LogP contribution in [-0.2, 0) is 14.9 Å². The number of carboxylic acid groups (broad SMARTS) is 1. The van der Waals surface area contributed by atoms with Crippen LogP contribution in [-0.4, -0.2) is 46.4 Å². The summed E-state index contributed by atoms with van der Waals surface area (Å²) in [6.45, 7) is 7.19. The van der Waals surface area contributed by atoms with E-state index in [1.54, 1.807) is 6.07 Å². The first-order valence-corrected chi connectivity index (χ1v) is 6.21. The van der Waals surface area contributed by atoms with Crippen LogP contribution < -0.4 is 5.32 Å². The first-order chi connectivity index (χ1) is 9.10. The van der Waals surface area contributed by atoms with Gasteiger partial charge in [-0.2, -0.15) is 5.10 Å². The van der Waals surface area contributed by atoms with Crippen molar-refractivity contribution in [1.82, 2.24) is 15.5 Å². The molecule has 1 atom stereocenters. The van der Waals surface area contributed by atoms with Crippen molar-refractivity contribution in [3.05, 3.63) is 17.5 Å². The van der Waals surface area contributed by atoms with E-state index in [1.807, 2.05) is 20.8 Å². The molecule has 0 radical (unpaired) electrons. The Morgan fingerprint density at radius 2 is 2.00 bits per heavy atom. The van der Waals surface area contributed by atoms with Crippen LogP contribution in [0.4, 0.5) is 0 Å². The summed E-state index contributed by atoms with van der Waals surface area (Å²) in [5, 5.41) is 18.3. The van der Waals surface area contributed by atoms with Crippen molar-refractivity contribution >= 4 is 11.9 Å². The topological polar surface area (TPSA) is 104 Å². The summed E-state index contributed by atoms with van der Waals surface area (Å²) in [7, 11) is 1.37. The Morgan fingerprint density at radius 3 is 2.40 bits per heavy atom. The number of amides is 1. The molecule has 1 heterocycles. The Balaban J connectivity index is 2.90. The van der Waals surface area contributed by atoms with Crippen LogP contribution in [0.25, 0.3) is 0 Å². The normalized spacial score (nSPS) is 14.7. The Bertz CT molecular complexity index is 504. The summed E-state index contributed by atoms with van der Waals surface area (Å²) in [4.78, 5) is 23.3. The molecule has 0 bridgehead atoms. The molecular formula is C13H21N3O4. The zero-order valence-corrected chi connectivity index (χ0v) is 12.4. The van der Waals surface area contributed by atoms with E-state index in [4.69, 9.17) is 4.74 Å². The molecule has 1 amide bonds. The maximum atomic E-state index is 12.1. The molecule has 1 aromatic heterocycles. The minimum atomic E-state index is -1.49. The lowest BCUT2D eigenvalue weighted by Gasteiger charge is -2.24. The smallest absolute Gasteiger partial charge is 0.331 e. The second kappa shape index (κ2) is 5.62. The lowest BCUT2D eigenvalue weighted by atomic mass is 9.92. The molecule has 0 fully saturated rings. The number of aromatic nitrogens is 2. The molecule has 0 aliphatic heterocycles. The highest BCUT2D eigenvalue weighted by atomic mass is 16.5. The number of carboxylic acids is 1. The van der Waals surface area contributed by atoms with E-state index in [1.165, 1.54) is 14.0 Å². The largest absolute Gasteiger partial charge is 0.479 e. The number of nitrogens with zero attached hydrogens (tertiary/aromatic N) is 1. The van der Waals surface area contributed by atoms with Gasteiger partial charge in [-0.3, -0.25) is 9.89 Å². The zero-order chi connectivity index (χ0) is 15.6. The van der Waals surface area contributed by atoms with Gasteiger partial charge in [0.05, 0.1) is 6.61 Å². The molecule has 7 nitrogen and oxygen atoms in total. The summed E-state index contributed by atoms with van der Waals surface area (Å²) in [5.41, 5.74) is -0.717. The van der Waals surface area contributed by atoms with Gasteiger partial charge in [0.1, 0.15) is 5.69 Å². The number of rotatable bonds is 5. The number of carbonyl (C=O) groups is 2. The SMILES string of the molecule is COCC(C)(NC(=O)c1cc(C(C)(C)C)[nH]n1)C(=O)O. The van der Waals surface area contributed by atoms with E-state index < -0.39 is 17.4 Å². The number of hydrogen-bond acceptors (Lipinski definition) is 4. The van der Waals surface area contributed by atoms with Gasteiger partial charge in [-0.05, 0) is 13.0 Å². The number of carbonyl (C=O) groups excluding carboxylic acids is 1. The molecule has 1 rings (SSSR count). The van der Waals surface area contributed by atoms with Gasteiger partial charge in [0, 0.05) is 18.2 Å². The van der Waals surface area contributed by atoms with Gasteiger partial charge in [-0.1, -0.05) is 20.8 Å². The molecule has 20 heavy (non-hydrogen) atoms. The van der Waals surface area contributed by atoms with Gasteiger partial charge in [0.15, 0.2) is 5.54 Å². The van der Waals surface area contributed by atoms with Crippen molar-refractivity contribution in [2.45, 2.75) is 38.6 Å². The Morgan fingerprint density at radius 1 is 1.40 bits per heavy atom. The van der Waals surface area contributed by atoms with Gasteiger partial charge < -0.3 is 15.2 Å². The standard InChI is InChI=1S/C13H21N3O4/c1-12(2,3)9-6-8(15-16-9)10(17)14-13(4,7-20-5)11(18)19/h6H,7H2,1-5H3,(H,14,17)(H,15,16)(H,18,19). The molecule has 1 aromatic rings. The van der Waals surface area contributed by atoms with Gasteiger partial charge in [-0.15, -0.1) is 0 Å². The molecule has 1 unspecified atom stereocenters. The lowest BCUT2D eigenvalue weighted by Crippen LogP contribution is -2.55. The van der Waals surface area contributed by atoms with Crippen LogP contribution in [0.15, 0.2) is 6.07 Å². The zero-order valence-electron chi connectivity index (χ0n) is 12.4. The number of methoxy groups -OCH3 is 1. The maximum Gasteiger partial charge on any atom is 0.331 e. The highest BCUT2D eigenvalue weighted by Gasteiger charge is 2.36. The van der Waals surface area contributed by atoms with Crippen LogP contribution in [0.1, 0.15) is 43.9 Å². The number of nitrogens with one attached hydrogen (secondary N) is 2. The minimum Gasteiger partial charge on any atom is -0.479 e. The molecule has 3 N–H and O–H groups in total.